The first kappa shape index (κ1) is 28.7. The fraction of sp³-hybridized carbons (Fsp3) is 0.500. The molecule has 1 aromatic heterocycles. The van der Waals surface area contributed by atoms with Crippen LogP contribution in [0.1, 0.15) is 93.6 Å². The van der Waals surface area contributed by atoms with Gasteiger partial charge >= 0.3 is 5.97 Å². The number of hydrogen-bond donors (Lipinski definition) is 1. The molecule has 1 unspecified atom stereocenters. The van der Waals surface area contributed by atoms with Gasteiger partial charge in [-0.15, -0.1) is 0 Å². The Labute approximate surface area is 250 Å². The number of piperidine rings is 1. The molecule has 3 aromatic rings. The fourth-order valence-corrected chi connectivity index (χ4v) is 7.30. The number of aryl methyl sites for hydroxylation is 1. The number of fused-ring (bicyclic) bond motifs is 1. The molecule has 2 aliphatic heterocycles. The van der Waals surface area contributed by atoms with Gasteiger partial charge in [-0.3, -0.25) is 9.69 Å². The quantitative estimate of drug-likeness (QED) is 0.284. The number of likely N-dealkylation sites (tertiary alicyclic amines) is 1. The Morgan fingerprint density at radius 2 is 1.83 bits per heavy atom. The number of aliphatic carboxylic acids is 1. The van der Waals surface area contributed by atoms with Crippen LogP contribution in [0.15, 0.2) is 54.7 Å². The zero-order valence-corrected chi connectivity index (χ0v) is 25.4. The molecule has 5 atom stereocenters. The number of rotatable bonds is 9. The van der Waals surface area contributed by atoms with Gasteiger partial charge in [0.15, 0.2) is 0 Å². The first-order valence-corrected chi connectivity index (χ1v) is 15.7. The minimum Gasteiger partial charge on any atom is -0.485 e. The van der Waals surface area contributed by atoms with Crippen LogP contribution in [-0.2, 0) is 17.8 Å². The van der Waals surface area contributed by atoms with Crippen molar-refractivity contribution in [1.82, 2.24) is 9.88 Å². The second-order valence-corrected chi connectivity index (χ2v) is 12.8. The number of nitrogens with zero attached hydrogens (tertiary/aromatic N) is 2. The molecule has 1 saturated carbocycles. The second-order valence-electron chi connectivity index (χ2n) is 12.8. The van der Waals surface area contributed by atoms with Crippen molar-refractivity contribution in [2.45, 2.75) is 96.4 Å². The van der Waals surface area contributed by atoms with Gasteiger partial charge in [-0.05, 0) is 110 Å². The van der Waals surface area contributed by atoms with Crippen LogP contribution in [0.3, 0.4) is 0 Å². The van der Waals surface area contributed by atoms with Crippen molar-refractivity contribution in [1.29, 1.82) is 0 Å². The second kappa shape index (κ2) is 12.1. The Balaban J connectivity index is 1.32. The number of methoxy groups -OCH3 is 1. The predicted octanol–water partition coefficient (Wildman–Crippen LogP) is 7.80. The maximum Gasteiger partial charge on any atom is 0.306 e. The van der Waals surface area contributed by atoms with Gasteiger partial charge in [-0.2, -0.15) is 0 Å². The van der Waals surface area contributed by atoms with E-state index in [-0.39, 0.29) is 12.0 Å². The average Bonchev–Trinajstić information content (AvgIpc) is 3.84. The molecule has 1 saturated heterocycles. The topological polar surface area (TPSA) is 71.9 Å². The number of hydrogen-bond acceptors (Lipinski definition) is 5. The fourth-order valence-electron chi connectivity index (χ4n) is 7.30. The van der Waals surface area contributed by atoms with Gasteiger partial charge < -0.3 is 14.6 Å². The summed E-state index contributed by atoms with van der Waals surface area (Å²) < 4.78 is 12.2. The maximum atomic E-state index is 11.9. The van der Waals surface area contributed by atoms with Gasteiger partial charge in [0.1, 0.15) is 11.9 Å². The summed E-state index contributed by atoms with van der Waals surface area (Å²) in [5.74, 6) is 0.891. The zero-order valence-electron chi connectivity index (χ0n) is 25.4. The lowest BCUT2D eigenvalue weighted by molar-refractivity contribution is -0.142. The molecule has 6 heteroatoms. The standard InChI is InChI=1S/C36H44N2O4/c1-22-6-5-7-23(2)38(22)21-30-18-28(12-14-31(30)27-16-17-37-34(20-27)41-4)32-15-13-25-8-11-29(19-33(25)42-32)35(26-9-10-26)24(3)36(39)40/h8,11-12,14,16-20,22-24,26,32,35H,5-7,9-10,13,15,21H2,1-4H3,(H,39,40)/t22-,23+,24-,32?,35-/m0/s1. The van der Waals surface area contributed by atoms with Crippen LogP contribution in [0.2, 0.25) is 0 Å². The number of carboxylic acid groups (broad SMARTS) is 1. The Bertz CT molecular complexity index is 1420. The molecule has 0 spiro atoms. The Morgan fingerprint density at radius 1 is 1.05 bits per heavy atom. The Hall–Kier alpha value is -3.38. The Kier molecular flexibility index (Phi) is 8.26. The summed E-state index contributed by atoms with van der Waals surface area (Å²) in [5.41, 5.74) is 7.12. The third kappa shape index (κ3) is 5.92. The first-order valence-electron chi connectivity index (χ1n) is 15.7. The highest BCUT2D eigenvalue weighted by Crippen LogP contribution is 2.48. The molecule has 0 radical (unpaired) electrons. The van der Waals surface area contributed by atoms with E-state index in [0.29, 0.717) is 23.9 Å². The molecule has 2 fully saturated rings. The molecule has 0 bridgehead atoms. The Morgan fingerprint density at radius 3 is 2.55 bits per heavy atom. The predicted molar refractivity (Wildman–Crippen MR) is 165 cm³/mol. The number of benzene rings is 2. The summed E-state index contributed by atoms with van der Waals surface area (Å²) in [7, 11) is 1.66. The molecule has 3 heterocycles. The molecule has 1 N–H and O–H groups in total. The molecule has 2 aromatic carbocycles. The number of aromatic nitrogens is 1. The van der Waals surface area contributed by atoms with E-state index in [1.165, 1.54) is 41.5 Å². The van der Waals surface area contributed by atoms with Crippen molar-refractivity contribution < 1.29 is 19.4 Å². The van der Waals surface area contributed by atoms with E-state index in [9.17, 15) is 9.90 Å². The number of carboxylic acids is 1. The van der Waals surface area contributed by atoms with E-state index in [0.717, 1.165) is 49.1 Å². The van der Waals surface area contributed by atoms with Crippen LogP contribution >= 0.6 is 0 Å². The maximum absolute atomic E-state index is 11.9. The summed E-state index contributed by atoms with van der Waals surface area (Å²) >= 11 is 0. The van der Waals surface area contributed by atoms with Gasteiger partial charge in [0, 0.05) is 30.9 Å². The van der Waals surface area contributed by atoms with Gasteiger partial charge in [-0.1, -0.05) is 43.7 Å². The third-order valence-corrected chi connectivity index (χ3v) is 9.96. The molecule has 1 aliphatic carbocycles. The van der Waals surface area contributed by atoms with Gasteiger partial charge in [0.05, 0.1) is 13.0 Å². The van der Waals surface area contributed by atoms with Gasteiger partial charge in [0.2, 0.25) is 5.88 Å². The number of pyridine rings is 1. The van der Waals surface area contributed by atoms with Gasteiger partial charge in [0.25, 0.3) is 0 Å². The van der Waals surface area contributed by atoms with Crippen LogP contribution in [0.25, 0.3) is 11.1 Å². The van der Waals surface area contributed by atoms with Crippen molar-refractivity contribution in [3.8, 4) is 22.8 Å². The summed E-state index contributed by atoms with van der Waals surface area (Å²) in [6, 6.07) is 18.4. The lowest BCUT2D eigenvalue weighted by atomic mass is 9.82. The molecule has 222 valence electrons. The molecule has 6 rings (SSSR count). The van der Waals surface area contributed by atoms with E-state index >= 15 is 0 Å². The average molecular weight is 569 g/mol. The molecule has 0 amide bonds. The molecule has 6 nitrogen and oxygen atoms in total. The highest BCUT2D eigenvalue weighted by molar-refractivity contribution is 5.71. The van der Waals surface area contributed by atoms with Crippen molar-refractivity contribution >= 4 is 5.97 Å². The van der Waals surface area contributed by atoms with E-state index in [1.807, 2.05) is 19.2 Å². The molecule has 3 aliphatic rings. The van der Waals surface area contributed by atoms with Crippen molar-refractivity contribution in [2.75, 3.05) is 7.11 Å². The zero-order chi connectivity index (χ0) is 29.4. The molecule has 42 heavy (non-hydrogen) atoms. The van der Waals surface area contributed by atoms with Crippen LogP contribution in [-0.4, -0.2) is 40.2 Å². The summed E-state index contributed by atoms with van der Waals surface area (Å²) in [5, 5.41) is 9.78. The number of ether oxygens (including phenoxy) is 2. The van der Waals surface area contributed by atoms with Gasteiger partial charge in [-0.25, -0.2) is 4.98 Å². The minimum atomic E-state index is -0.722. The van der Waals surface area contributed by atoms with Crippen LogP contribution in [0.4, 0.5) is 0 Å². The van der Waals surface area contributed by atoms with Crippen molar-refractivity contribution in [3.63, 3.8) is 0 Å². The highest BCUT2D eigenvalue weighted by atomic mass is 16.5. The summed E-state index contributed by atoms with van der Waals surface area (Å²) in [6.45, 7) is 7.45. The van der Waals surface area contributed by atoms with E-state index in [2.05, 4.69) is 66.2 Å². The van der Waals surface area contributed by atoms with Crippen molar-refractivity contribution in [3.05, 3.63) is 77.0 Å². The normalized spacial score (nSPS) is 23.9. The molecular weight excluding hydrogens is 524 g/mol. The smallest absolute Gasteiger partial charge is 0.306 e. The third-order valence-electron chi connectivity index (χ3n) is 9.96. The monoisotopic (exact) mass is 568 g/mol. The summed E-state index contributed by atoms with van der Waals surface area (Å²) in [6.07, 6.45) is 9.61. The lowest BCUT2D eigenvalue weighted by Crippen LogP contribution is -2.43. The van der Waals surface area contributed by atoms with E-state index in [1.54, 1.807) is 7.11 Å². The largest absolute Gasteiger partial charge is 0.485 e. The lowest BCUT2D eigenvalue weighted by Gasteiger charge is -2.39. The summed E-state index contributed by atoms with van der Waals surface area (Å²) in [4.78, 5) is 18.9. The highest BCUT2D eigenvalue weighted by Gasteiger charge is 2.39. The minimum absolute atomic E-state index is 0.0357. The van der Waals surface area contributed by atoms with Crippen LogP contribution in [0, 0.1) is 11.8 Å². The molecular formula is C36H44N2O4. The van der Waals surface area contributed by atoms with Crippen molar-refractivity contribution in [2.24, 2.45) is 11.8 Å². The first-order chi connectivity index (χ1) is 20.3. The van der Waals surface area contributed by atoms with Crippen LogP contribution < -0.4 is 9.47 Å². The van der Waals surface area contributed by atoms with Crippen LogP contribution in [0.5, 0.6) is 11.6 Å². The van der Waals surface area contributed by atoms with E-state index in [4.69, 9.17) is 9.47 Å². The van der Waals surface area contributed by atoms with E-state index < -0.39 is 11.9 Å². The number of carbonyl (C=O) groups is 1. The SMILES string of the molecule is COc1cc(-c2ccc(C3CCc4ccc([C@H](C5CC5)[C@H](C)C(=O)O)cc4O3)cc2CN2[C@H](C)CCC[C@@H]2C)ccn1.